The zero-order valence-electron chi connectivity index (χ0n) is 14.5. The molecule has 1 atom stereocenters. The fourth-order valence-corrected chi connectivity index (χ4v) is 4.32. The van der Waals surface area contributed by atoms with E-state index in [-0.39, 0.29) is 18.1 Å². The van der Waals surface area contributed by atoms with E-state index in [0.717, 1.165) is 27.7 Å². The third-order valence-electron chi connectivity index (χ3n) is 4.17. The topological polar surface area (TPSA) is 83.5 Å². The average molecular weight is 489 g/mol. The highest BCUT2D eigenvalue weighted by molar-refractivity contribution is 14.1. The summed E-state index contributed by atoms with van der Waals surface area (Å²) in [7, 11) is -3.34. The summed E-state index contributed by atoms with van der Waals surface area (Å²) in [5, 5.41) is 8.60. The van der Waals surface area contributed by atoms with Crippen LogP contribution in [0.3, 0.4) is 0 Å². The standard InChI is InChI=1S/C19H24INO4S/c20-17-9-6-15(7-10-17)12-13-26(24,25)21-18-11-8-16(14-18)4-2-1-3-5-19(22)23/h2,4,6-7,9-10,14,16,21H,1,3,5,8,11-13H2,(H,22,23). The molecule has 0 saturated carbocycles. The molecule has 0 amide bonds. The fourth-order valence-electron chi connectivity index (χ4n) is 2.78. The van der Waals surface area contributed by atoms with Crippen molar-refractivity contribution in [3.63, 3.8) is 0 Å². The molecule has 1 aliphatic rings. The molecule has 2 N–H and O–H groups in total. The number of unbranched alkanes of at least 4 members (excludes halogenated alkanes) is 1. The van der Waals surface area contributed by atoms with Gasteiger partial charge in [-0.1, -0.05) is 30.4 Å². The van der Waals surface area contributed by atoms with Crippen molar-refractivity contribution in [1.29, 1.82) is 0 Å². The van der Waals surface area contributed by atoms with Gasteiger partial charge in [0.1, 0.15) is 0 Å². The van der Waals surface area contributed by atoms with Crippen molar-refractivity contribution in [3.8, 4) is 0 Å². The zero-order valence-corrected chi connectivity index (χ0v) is 17.5. The van der Waals surface area contributed by atoms with Gasteiger partial charge in [0.2, 0.25) is 10.0 Å². The molecule has 1 aromatic carbocycles. The molecule has 142 valence electrons. The Morgan fingerprint density at radius 3 is 2.73 bits per heavy atom. The van der Waals surface area contributed by atoms with E-state index >= 15 is 0 Å². The lowest BCUT2D eigenvalue weighted by molar-refractivity contribution is -0.137. The van der Waals surface area contributed by atoms with Crippen molar-refractivity contribution in [1.82, 2.24) is 4.72 Å². The molecule has 5 nitrogen and oxygen atoms in total. The second-order valence-corrected chi connectivity index (χ2v) is 9.49. The third kappa shape index (κ3) is 7.90. The molecule has 0 aliphatic heterocycles. The Kier molecular flexibility index (Phi) is 8.15. The molecule has 26 heavy (non-hydrogen) atoms. The molecule has 0 heterocycles. The largest absolute Gasteiger partial charge is 0.481 e. The number of carboxylic acid groups (broad SMARTS) is 1. The van der Waals surface area contributed by atoms with Crippen LogP contribution in [0.25, 0.3) is 0 Å². The number of aryl methyl sites for hydroxylation is 1. The summed E-state index contributed by atoms with van der Waals surface area (Å²) >= 11 is 2.22. The second kappa shape index (κ2) is 10.1. The maximum Gasteiger partial charge on any atom is 0.303 e. The maximum absolute atomic E-state index is 12.3. The van der Waals surface area contributed by atoms with Crippen LogP contribution in [0, 0.1) is 9.49 Å². The van der Waals surface area contributed by atoms with Gasteiger partial charge in [-0.05, 0) is 78.3 Å². The third-order valence-corrected chi connectivity index (χ3v) is 6.20. The van der Waals surface area contributed by atoms with Crippen LogP contribution in [0.5, 0.6) is 0 Å². The molecule has 2 rings (SSSR count). The number of rotatable bonds is 10. The number of hydrogen-bond donors (Lipinski definition) is 2. The van der Waals surface area contributed by atoms with Gasteiger partial charge in [-0.2, -0.15) is 0 Å². The summed E-state index contributed by atoms with van der Waals surface area (Å²) in [6, 6.07) is 7.86. The lowest BCUT2D eigenvalue weighted by Gasteiger charge is -2.08. The van der Waals surface area contributed by atoms with Crippen LogP contribution in [0.1, 0.15) is 37.7 Å². The Labute approximate surface area is 168 Å². The predicted octanol–water partition coefficient (Wildman–Crippen LogP) is 3.86. The minimum atomic E-state index is -3.34. The lowest BCUT2D eigenvalue weighted by atomic mass is 10.1. The average Bonchev–Trinajstić information content (AvgIpc) is 3.00. The SMILES string of the molecule is O=C(O)CCCC=CC1C=C(NS(=O)(=O)CCc2ccc(I)cc2)CC1. The molecule has 1 unspecified atom stereocenters. The summed E-state index contributed by atoms with van der Waals surface area (Å²) in [5.74, 6) is -0.490. The van der Waals surface area contributed by atoms with Gasteiger partial charge in [0.15, 0.2) is 0 Å². The number of carbonyl (C=O) groups is 1. The summed E-state index contributed by atoms with van der Waals surface area (Å²) in [5.41, 5.74) is 1.77. The molecule has 1 aliphatic carbocycles. The highest BCUT2D eigenvalue weighted by Gasteiger charge is 2.18. The molecule has 7 heteroatoms. The Balaban J connectivity index is 1.78. The van der Waals surface area contributed by atoms with E-state index in [0.29, 0.717) is 19.3 Å². The van der Waals surface area contributed by atoms with Crippen molar-refractivity contribution in [3.05, 3.63) is 57.3 Å². The van der Waals surface area contributed by atoms with E-state index < -0.39 is 16.0 Å². The first-order valence-corrected chi connectivity index (χ1v) is 11.4. The van der Waals surface area contributed by atoms with E-state index in [2.05, 4.69) is 27.3 Å². The van der Waals surface area contributed by atoms with Crippen LogP contribution >= 0.6 is 22.6 Å². The first-order valence-electron chi connectivity index (χ1n) is 8.68. The number of aliphatic carboxylic acids is 1. The molecule has 0 saturated heterocycles. The van der Waals surface area contributed by atoms with Crippen molar-refractivity contribution in [2.24, 2.45) is 5.92 Å². The summed E-state index contributed by atoms with van der Waals surface area (Å²) < 4.78 is 28.4. The Bertz CT molecular complexity index is 769. The fraction of sp³-hybridized carbons (Fsp3) is 0.421. The number of nitrogens with one attached hydrogen (secondary N) is 1. The number of benzene rings is 1. The summed E-state index contributed by atoms with van der Waals surface area (Å²) in [6.45, 7) is 0. The Morgan fingerprint density at radius 2 is 2.04 bits per heavy atom. The highest BCUT2D eigenvalue weighted by atomic mass is 127. The first kappa shape index (κ1) is 21.0. The van der Waals surface area contributed by atoms with Gasteiger partial charge in [-0.15, -0.1) is 0 Å². The molecule has 0 bridgehead atoms. The zero-order chi connectivity index (χ0) is 19.0. The number of hydrogen-bond acceptors (Lipinski definition) is 3. The number of carboxylic acids is 1. The van der Waals surface area contributed by atoms with Crippen LogP contribution in [-0.4, -0.2) is 25.2 Å². The van der Waals surface area contributed by atoms with E-state index in [1.54, 1.807) is 0 Å². The van der Waals surface area contributed by atoms with Crippen LogP contribution in [0.4, 0.5) is 0 Å². The maximum atomic E-state index is 12.3. The van der Waals surface area contributed by atoms with Crippen molar-refractivity contribution >= 4 is 38.6 Å². The lowest BCUT2D eigenvalue weighted by Crippen LogP contribution is -2.26. The second-order valence-electron chi connectivity index (χ2n) is 6.41. The van der Waals surface area contributed by atoms with E-state index in [1.165, 1.54) is 0 Å². The quantitative estimate of drug-likeness (QED) is 0.297. The van der Waals surface area contributed by atoms with E-state index in [1.807, 2.05) is 42.5 Å². The minimum Gasteiger partial charge on any atom is -0.481 e. The van der Waals surface area contributed by atoms with Gasteiger partial charge in [0.05, 0.1) is 5.75 Å². The van der Waals surface area contributed by atoms with Crippen molar-refractivity contribution in [2.45, 2.75) is 38.5 Å². The van der Waals surface area contributed by atoms with Gasteiger partial charge >= 0.3 is 5.97 Å². The van der Waals surface area contributed by atoms with E-state index in [9.17, 15) is 13.2 Å². The van der Waals surface area contributed by atoms with Crippen molar-refractivity contribution < 1.29 is 18.3 Å². The molecule has 0 aromatic heterocycles. The van der Waals surface area contributed by atoms with E-state index in [4.69, 9.17) is 5.11 Å². The van der Waals surface area contributed by atoms with Gasteiger partial charge in [-0.3, -0.25) is 9.52 Å². The molecule has 1 aromatic rings. The Morgan fingerprint density at radius 1 is 1.31 bits per heavy atom. The molecular formula is C19H24INO4S. The number of sulfonamides is 1. The number of halogens is 1. The predicted molar refractivity (Wildman–Crippen MR) is 111 cm³/mol. The van der Waals surface area contributed by atoms with Crippen LogP contribution < -0.4 is 4.72 Å². The smallest absolute Gasteiger partial charge is 0.303 e. The molecular weight excluding hydrogens is 465 g/mol. The Hall–Kier alpha value is -1.35. The van der Waals surface area contributed by atoms with Gasteiger partial charge in [-0.25, -0.2) is 8.42 Å². The minimum absolute atomic E-state index is 0.0701. The highest BCUT2D eigenvalue weighted by Crippen LogP contribution is 2.24. The monoisotopic (exact) mass is 489 g/mol. The number of allylic oxidation sites excluding steroid dienone is 4. The summed E-state index contributed by atoms with van der Waals surface area (Å²) in [4.78, 5) is 10.5. The summed E-state index contributed by atoms with van der Waals surface area (Å²) in [6.07, 6.45) is 9.59. The van der Waals surface area contributed by atoms with Crippen LogP contribution in [0.15, 0.2) is 48.2 Å². The van der Waals surface area contributed by atoms with Crippen LogP contribution in [-0.2, 0) is 21.2 Å². The molecule has 0 spiro atoms. The van der Waals surface area contributed by atoms with Gasteiger partial charge < -0.3 is 5.11 Å². The normalized spacial score (nSPS) is 17.4. The van der Waals surface area contributed by atoms with Crippen molar-refractivity contribution in [2.75, 3.05) is 5.75 Å². The molecule has 0 radical (unpaired) electrons. The van der Waals surface area contributed by atoms with Gasteiger partial charge in [0.25, 0.3) is 0 Å². The van der Waals surface area contributed by atoms with Gasteiger partial charge in [0, 0.05) is 15.7 Å². The first-order chi connectivity index (χ1) is 12.3. The molecule has 0 fully saturated rings. The van der Waals surface area contributed by atoms with Crippen LogP contribution in [0.2, 0.25) is 0 Å².